The first-order chi connectivity index (χ1) is 22.7. The van der Waals surface area contributed by atoms with Crippen molar-refractivity contribution >= 4 is 30.2 Å². The minimum atomic E-state index is -1.73. The zero-order chi connectivity index (χ0) is 36.7. The van der Waals surface area contributed by atoms with Gasteiger partial charge in [0, 0.05) is 25.8 Å². The number of alkyl carbamates (subject to hydrolysis) is 2. The summed E-state index contributed by atoms with van der Waals surface area (Å²) in [4.78, 5) is 64.0. The van der Waals surface area contributed by atoms with Gasteiger partial charge in [0.1, 0.15) is 34.8 Å². The van der Waals surface area contributed by atoms with E-state index in [9.17, 15) is 44.4 Å². The van der Waals surface area contributed by atoms with Crippen molar-refractivity contribution in [3.05, 3.63) is 47.5 Å². The van der Waals surface area contributed by atoms with Gasteiger partial charge in [0.25, 0.3) is 0 Å². The highest BCUT2D eigenvalue weighted by molar-refractivity contribution is 5.92. The third-order valence-electron chi connectivity index (χ3n) is 6.81. The smallest absolute Gasteiger partial charge is 0.507 e. The van der Waals surface area contributed by atoms with Crippen molar-refractivity contribution in [1.82, 2.24) is 21.3 Å². The predicted octanol–water partition coefficient (Wildman–Crippen LogP) is 2.65. The number of carbonyl (C=O) groups excluding carboxylic acids is 4. The van der Waals surface area contributed by atoms with Crippen LogP contribution in [-0.2, 0) is 36.6 Å². The summed E-state index contributed by atoms with van der Waals surface area (Å²) in [5.74, 6) is -2.31. The summed E-state index contributed by atoms with van der Waals surface area (Å²) in [5.41, 5.74) is -0.254. The number of carbonyl (C=O) groups is 5. The number of benzene rings is 2. The summed E-state index contributed by atoms with van der Waals surface area (Å²) < 4.78 is 15.4. The van der Waals surface area contributed by atoms with E-state index >= 15 is 0 Å². The molecule has 1 heterocycles. The second-order valence-corrected chi connectivity index (χ2v) is 13.6. The van der Waals surface area contributed by atoms with E-state index in [0.29, 0.717) is 16.7 Å². The number of aliphatic hydroxyl groups excluding tert-OH is 1. The Bertz CT molecular complexity index is 1550. The van der Waals surface area contributed by atoms with Gasteiger partial charge in [0.2, 0.25) is 11.8 Å². The summed E-state index contributed by atoms with van der Waals surface area (Å²) in [6.45, 7) is 9.39. The van der Waals surface area contributed by atoms with Gasteiger partial charge < -0.3 is 55.9 Å². The first-order valence-corrected chi connectivity index (χ1v) is 15.5. The van der Waals surface area contributed by atoms with Crippen molar-refractivity contribution in [2.45, 2.75) is 96.4 Å². The first-order valence-electron chi connectivity index (χ1n) is 15.5. The second kappa shape index (κ2) is 15.8. The Hall–Kier alpha value is -5.25. The van der Waals surface area contributed by atoms with Gasteiger partial charge >= 0.3 is 18.3 Å². The Kier molecular flexibility index (Phi) is 12.3. The van der Waals surface area contributed by atoms with Gasteiger partial charge in [-0.05, 0) is 88.1 Å². The maximum Gasteiger partial charge on any atom is 0.507 e. The van der Waals surface area contributed by atoms with E-state index in [-0.39, 0.29) is 29.9 Å². The number of ether oxygens (including phenoxy) is 3. The van der Waals surface area contributed by atoms with E-state index < -0.39 is 78.7 Å². The van der Waals surface area contributed by atoms with E-state index in [1.54, 1.807) is 59.7 Å². The predicted molar refractivity (Wildman–Crippen MR) is 174 cm³/mol. The normalized spacial score (nSPS) is 19.1. The van der Waals surface area contributed by atoms with Crippen molar-refractivity contribution in [3.8, 4) is 22.6 Å². The Morgan fingerprint density at radius 1 is 0.878 bits per heavy atom. The van der Waals surface area contributed by atoms with Crippen LogP contribution in [0, 0.1) is 0 Å². The zero-order valence-corrected chi connectivity index (χ0v) is 28.2. The van der Waals surface area contributed by atoms with Crippen LogP contribution in [0.1, 0.15) is 59.1 Å². The van der Waals surface area contributed by atoms with Crippen LogP contribution in [0.2, 0.25) is 0 Å². The SMILES string of the molecule is CC(C)(C)OC(=O)NC[C@H](O)C[C@@H]1NC(=O)[C@@H](NC(=O)OC(C)(C)C)Cc2cc(ccc2O)-c2cc(O)cc(c2)C[C@H](OC(=O)O)NC1=O. The van der Waals surface area contributed by atoms with Crippen molar-refractivity contribution in [3.63, 3.8) is 0 Å². The average molecular weight is 689 g/mol. The van der Waals surface area contributed by atoms with E-state index in [1.165, 1.54) is 18.2 Å². The third kappa shape index (κ3) is 12.7. The molecule has 4 amide bonds. The molecule has 0 unspecified atom stereocenters. The number of aromatic hydroxyl groups is 2. The number of nitrogens with one attached hydrogen (secondary N) is 4. The molecule has 1 aliphatic heterocycles. The highest BCUT2D eigenvalue weighted by Gasteiger charge is 2.33. The Morgan fingerprint density at radius 2 is 1.53 bits per heavy atom. The number of rotatable bonds is 6. The van der Waals surface area contributed by atoms with Crippen LogP contribution in [0.15, 0.2) is 36.4 Å². The van der Waals surface area contributed by atoms with Crippen LogP contribution in [0.3, 0.4) is 0 Å². The van der Waals surface area contributed by atoms with Crippen LogP contribution in [0.5, 0.6) is 11.5 Å². The largest absolute Gasteiger partial charge is 0.508 e. The molecule has 3 rings (SSSR count). The molecule has 0 saturated carbocycles. The highest BCUT2D eigenvalue weighted by Crippen LogP contribution is 2.31. The molecule has 1 aliphatic rings. The number of amides is 4. The summed E-state index contributed by atoms with van der Waals surface area (Å²) in [5, 5.41) is 51.1. The molecule has 4 atom stereocenters. The molecule has 0 spiro atoms. The fraction of sp³-hybridized carbons (Fsp3) is 0.485. The van der Waals surface area contributed by atoms with E-state index in [1.807, 2.05) is 0 Å². The molecule has 16 nitrogen and oxygen atoms in total. The number of hydrogen-bond donors (Lipinski definition) is 8. The Balaban J connectivity index is 2.06. The fourth-order valence-corrected chi connectivity index (χ4v) is 4.86. The molecular formula is C33H44N4O12. The average Bonchev–Trinajstić information content (AvgIpc) is 2.93. The summed E-state index contributed by atoms with van der Waals surface area (Å²) >= 11 is 0. The maximum absolute atomic E-state index is 13.8. The molecule has 2 aromatic carbocycles. The molecule has 49 heavy (non-hydrogen) atoms. The molecule has 2 aromatic rings. The van der Waals surface area contributed by atoms with Crippen molar-refractivity contribution in [2.24, 2.45) is 0 Å². The molecule has 16 heteroatoms. The fourth-order valence-electron chi connectivity index (χ4n) is 4.86. The number of fused-ring (bicyclic) bond motifs is 5. The van der Waals surface area contributed by atoms with Crippen molar-refractivity contribution < 1.29 is 58.6 Å². The number of hydrogen-bond acceptors (Lipinski definition) is 11. The van der Waals surface area contributed by atoms with Crippen LogP contribution in [0.25, 0.3) is 11.1 Å². The van der Waals surface area contributed by atoms with Gasteiger partial charge in [0.05, 0.1) is 6.10 Å². The molecule has 0 radical (unpaired) electrons. The maximum atomic E-state index is 13.8. The molecule has 4 bridgehead atoms. The monoisotopic (exact) mass is 688 g/mol. The van der Waals surface area contributed by atoms with E-state index in [0.717, 1.165) is 0 Å². The molecule has 8 N–H and O–H groups in total. The molecule has 0 saturated heterocycles. The van der Waals surface area contributed by atoms with Gasteiger partial charge in [-0.25, -0.2) is 14.4 Å². The number of aliphatic hydroxyl groups is 1. The molecule has 0 aliphatic carbocycles. The molecule has 268 valence electrons. The highest BCUT2D eigenvalue weighted by atomic mass is 16.7. The Morgan fingerprint density at radius 3 is 2.16 bits per heavy atom. The van der Waals surface area contributed by atoms with Crippen LogP contribution >= 0.6 is 0 Å². The van der Waals surface area contributed by atoms with Gasteiger partial charge in [-0.3, -0.25) is 9.59 Å². The van der Waals surface area contributed by atoms with Gasteiger partial charge in [-0.2, -0.15) is 0 Å². The van der Waals surface area contributed by atoms with Crippen molar-refractivity contribution in [2.75, 3.05) is 6.54 Å². The molecular weight excluding hydrogens is 644 g/mol. The number of phenols is 2. The summed E-state index contributed by atoms with van der Waals surface area (Å²) in [6, 6.07) is 5.84. The minimum Gasteiger partial charge on any atom is -0.508 e. The summed E-state index contributed by atoms with van der Waals surface area (Å²) in [6.07, 6.45) is -7.54. The first kappa shape index (κ1) is 38.2. The zero-order valence-electron chi connectivity index (χ0n) is 28.2. The number of carboxylic acid groups (broad SMARTS) is 1. The number of phenolic OH excluding ortho intramolecular Hbond substituents is 2. The minimum absolute atomic E-state index is 0.188. The standard InChI is InChI=1S/C33H44N4O12/c1-32(2,3)48-29(43)34-16-22(39)15-24-28(42)37-26(47-31(45)46)11-17-9-19(13-21(38)10-17)18-7-8-25(40)20(12-18)14-23(27(41)35-24)36-30(44)49-33(4,5)6/h7-10,12-13,22-24,26,38-40H,11,14-16H2,1-6H3,(H,34,43)(H,35,41)(H,36,44)(H,37,42)(H,45,46)/t22-,23+,24+,26+/m1/s1. The second-order valence-electron chi connectivity index (χ2n) is 13.6. The summed E-state index contributed by atoms with van der Waals surface area (Å²) in [7, 11) is 0. The van der Waals surface area contributed by atoms with Gasteiger partial charge in [-0.15, -0.1) is 0 Å². The van der Waals surface area contributed by atoms with Crippen molar-refractivity contribution in [1.29, 1.82) is 0 Å². The van der Waals surface area contributed by atoms with E-state index in [2.05, 4.69) is 21.3 Å². The quantitative estimate of drug-likeness (QED) is 0.161. The molecule has 0 aromatic heterocycles. The lowest BCUT2D eigenvalue weighted by Gasteiger charge is -2.27. The lowest BCUT2D eigenvalue weighted by Crippen LogP contribution is -2.57. The third-order valence-corrected chi connectivity index (χ3v) is 6.81. The molecule has 0 fully saturated rings. The van der Waals surface area contributed by atoms with Crippen LogP contribution < -0.4 is 21.3 Å². The van der Waals surface area contributed by atoms with E-state index in [4.69, 9.17) is 14.2 Å². The van der Waals surface area contributed by atoms with Crippen LogP contribution in [0.4, 0.5) is 14.4 Å². The topological polar surface area (TPSA) is 242 Å². The van der Waals surface area contributed by atoms with Gasteiger partial charge in [0.15, 0.2) is 6.23 Å². The Labute approximate surface area is 283 Å². The lowest BCUT2D eigenvalue weighted by atomic mass is 9.96. The lowest BCUT2D eigenvalue weighted by molar-refractivity contribution is -0.132. The van der Waals surface area contributed by atoms with Crippen LogP contribution in [-0.4, -0.2) is 92.7 Å². The van der Waals surface area contributed by atoms with Gasteiger partial charge in [-0.1, -0.05) is 12.1 Å².